The van der Waals surface area contributed by atoms with E-state index < -0.39 is 12.0 Å². The first-order chi connectivity index (χ1) is 6.74. The molecule has 0 bridgehead atoms. The molecule has 0 spiro atoms. The van der Waals surface area contributed by atoms with Gasteiger partial charge in [-0.15, -0.1) is 0 Å². The lowest BCUT2D eigenvalue weighted by molar-refractivity contribution is -0.139. The Morgan fingerprint density at radius 3 is 2.93 bits per heavy atom. The Hall–Kier alpha value is -1.42. The number of aromatic nitrogens is 1. The van der Waals surface area contributed by atoms with Crippen molar-refractivity contribution in [1.82, 2.24) is 10.3 Å². The number of carboxylic acids is 1. The Labute approximate surface area is 83.0 Å². The van der Waals surface area contributed by atoms with E-state index in [1.165, 1.54) is 0 Å². The fourth-order valence-corrected chi connectivity index (χ4v) is 1.22. The summed E-state index contributed by atoms with van der Waals surface area (Å²) in [5, 5.41) is 11.8. The molecule has 0 aromatic carbocycles. The molecule has 1 aromatic rings. The first-order valence-electron chi connectivity index (χ1n) is 4.60. The van der Waals surface area contributed by atoms with E-state index in [9.17, 15) is 4.79 Å². The second-order valence-corrected chi connectivity index (χ2v) is 2.97. The van der Waals surface area contributed by atoms with Gasteiger partial charge >= 0.3 is 5.97 Å². The highest BCUT2D eigenvalue weighted by atomic mass is 16.4. The molecule has 0 radical (unpaired) electrons. The summed E-state index contributed by atoms with van der Waals surface area (Å²) in [4.78, 5) is 14.9. The van der Waals surface area contributed by atoms with Gasteiger partial charge in [0.05, 0.1) is 0 Å². The van der Waals surface area contributed by atoms with E-state index in [4.69, 9.17) is 5.11 Å². The van der Waals surface area contributed by atoms with Crippen LogP contribution in [0.3, 0.4) is 0 Å². The molecule has 0 fully saturated rings. The van der Waals surface area contributed by atoms with Gasteiger partial charge in [-0.3, -0.25) is 9.78 Å². The van der Waals surface area contributed by atoms with Crippen LogP contribution in [0.1, 0.15) is 12.6 Å². The van der Waals surface area contributed by atoms with Gasteiger partial charge in [0, 0.05) is 18.3 Å². The summed E-state index contributed by atoms with van der Waals surface area (Å²) in [7, 11) is 0. The summed E-state index contributed by atoms with van der Waals surface area (Å²) >= 11 is 0. The smallest absolute Gasteiger partial charge is 0.321 e. The highest BCUT2D eigenvalue weighted by molar-refractivity contribution is 5.73. The molecule has 1 rings (SSSR count). The van der Waals surface area contributed by atoms with Crippen molar-refractivity contribution in [2.45, 2.75) is 19.4 Å². The summed E-state index contributed by atoms with van der Waals surface area (Å²) in [6, 6.07) is 4.95. The maximum Gasteiger partial charge on any atom is 0.321 e. The van der Waals surface area contributed by atoms with Gasteiger partial charge in [0.25, 0.3) is 0 Å². The van der Waals surface area contributed by atoms with E-state index in [2.05, 4.69) is 10.3 Å². The number of nitrogens with zero attached hydrogens (tertiary/aromatic N) is 1. The molecule has 4 nitrogen and oxygen atoms in total. The van der Waals surface area contributed by atoms with Gasteiger partial charge in [0.1, 0.15) is 6.04 Å². The first-order valence-corrected chi connectivity index (χ1v) is 4.60. The van der Waals surface area contributed by atoms with E-state index in [-0.39, 0.29) is 0 Å². The molecule has 0 aliphatic heterocycles. The molecule has 0 saturated heterocycles. The molecule has 0 saturated carbocycles. The Morgan fingerprint density at radius 1 is 1.64 bits per heavy atom. The number of rotatable bonds is 5. The zero-order valence-corrected chi connectivity index (χ0v) is 8.10. The topological polar surface area (TPSA) is 62.2 Å². The van der Waals surface area contributed by atoms with Gasteiger partial charge in [-0.2, -0.15) is 0 Å². The SMILES string of the molecule is CCN[C@@H](Cc1ccccn1)C(=O)O. The largest absolute Gasteiger partial charge is 0.480 e. The van der Waals surface area contributed by atoms with Crippen LogP contribution in [0.5, 0.6) is 0 Å². The van der Waals surface area contributed by atoms with Crippen molar-refractivity contribution < 1.29 is 9.90 Å². The lowest BCUT2D eigenvalue weighted by Gasteiger charge is -2.11. The summed E-state index contributed by atoms with van der Waals surface area (Å²) in [6.07, 6.45) is 2.09. The first kappa shape index (κ1) is 10.7. The summed E-state index contributed by atoms with van der Waals surface area (Å²) in [5.74, 6) is -0.836. The van der Waals surface area contributed by atoms with Crippen molar-refractivity contribution in [3.05, 3.63) is 30.1 Å². The van der Waals surface area contributed by atoms with Crippen molar-refractivity contribution in [3.63, 3.8) is 0 Å². The Bertz CT molecular complexity index is 287. The summed E-state index contributed by atoms with van der Waals surface area (Å²) in [5.41, 5.74) is 0.792. The maximum atomic E-state index is 10.8. The van der Waals surface area contributed by atoms with E-state index in [0.29, 0.717) is 13.0 Å². The van der Waals surface area contributed by atoms with Crippen LogP contribution in [0.2, 0.25) is 0 Å². The number of pyridine rings is 1. The predicted molar refractivity (Wildman–Crippen MR) is 53.0 cm³/mol. The number of hydrogen-bond acceptors (Lipinski definition) is 3. The molecule has 0 unspecified atom stereocenters. The molecule has 76 valence electrons. The third-order valence-electron chi connectivity index (χ3n) is 1.89. The fourth-order valence-electron chi connectivity index (χ4n) is 1.22. The fraction of sp³-hybridized carbons (Fsp3) is 0.400. The van der Waals surface area contributed by atoms with Crippen LogP contribution in [0.4, 0.5) is 0 Å². The van der Waals surface area contributed by atoms with Crippen molar-refractivity contribution in [2.24, 2.45) is 0 Å². The number of aliphatic carboxylic acids is 1. The molecular formula is C10H14N2O2. The molecule has 1 aromatic heterocycles. The van der Waals surface area contributed by atoms with Gasteiger partial charge in [-0.25, -0.2) is 0 Å². The van der Waals surface area contributed by atoms with E-state index in [1.54, 1.807) is 6.20 Å². The average molecular weight is 194 g/mol. The Balaban J connectivity index is 2.60. The minimum Gasteiger partial charge on any atom is -0.480 e. The molecule has 2 N–H and O–H groups in total. The molecule has 0 aliphatic rings. The lowest BCUT2D eigenvalue weighted by atomic mass is 10.1. The van der Waals surface area contributed by atoms with Crippen LogP contribution in [0.25, 0.3) is 0 Å². The van der Waals surface area contributed by atoms with Crippen molar-refractivity contribution >= 4 is 5.97 Å². The monoisotopic (exact) mass is 194 g/mol. The van der Waals surface area contributed by atoms with Crippen LogP contribution in [-0.4, -0.2) is 28.6 Å². The third kappa shape index (κ3) is 3.14. The quantitative estimate of drug-likeness (QED) is 0.723. The number of carboxylic acid groups (broad SMARTS) is 1. The second-order valence-electron chi connectivity index (χ2n) is 2.97. The standard InChI is InChI=1S/C10H14N2O2/c1-2-11-9(10(13)14)7-8-5-3-4-6-12-8/h3-6,9,11H,2,7H2,1H3,(H,13,14)/t9-/m0/s1. The van der Waals surface area contributed by atoms with Crippen LogP contribution in [-0.2, 0) is 11.2 Å². The molecule has 1 heterocycles. The van der Waals surface area contributed by atoms with Gasteiger partial charge in [-0.1, -0.05) is 13.0 Å². The van der Waals surface area contributed by atoms with Crippen molar-refractivity contribution in [3.8, 4) is 0 Å². The van der Waals surface area contributed by atoms with Crippen LogP contribution in [0.15, 0.2) is 24.4 Å². The number of likely N-dealkylation sites (N-methyl/N-ethyl adjacent to an activating group) is 1. The van der Waals surface area contributed by atoms with Gasteiger partial charge in [-0.05, 0) is 18.7 Å². The highest BCUT2D eigenvalue weighted by Crippen LogP contribution is 1.99. The predicted octanol–water partition coefficient (Wildman–Crippen LogP) is 0.687. The highest BCUT2D eigenvalue weighted by Gasteiger charge is 2.16. The van der Waals surface area contributed by atoms with Crippen LogP contribution >= 0.6 is 0 Å². The van der Waals surface area contributed by atoms with Crippen LogP contribution < -0.4 is 5.32 Å². The molecule has 0 amide bonds. The Kier molecular flexibility index (Phi) is 4.07. The van der Waals surface area contributed by atoms with Gasteiger partial charge in [0.2, 0.25) is 0 Å². The molecule has 4 heteroatoms. The Morgan fingerprint density at radius 2 is 2.43 bits per heavy atom. The summed E-state index contributed by atoms with van der Waals surface area (Å²) < 4.78 is 0. The summed E-state index contributed by atoms with van der Waals surface area (Å²) in [6.45, 7) is 2.53. The van der Waals surface area contributed by atoms with Crippen molar-refractivity contribution in [2.75, 3.05) is 6.54 Å². The third-order valence-corrected chi connectivity index (χ3v) is 1.89. The van der Waals surface area contributed by atoms with Crippen molar-refractivity contribution in [1.29, 1.82) is 0 Å². The molecule has 14 heavy (non-hydrogen) atoms. The van der Waals surface area contributed by atoms with Gasteiger partial charge in [0.15, 0.2) is 0 Å². The molecule has 1 atom stereocenters. The molecule has 0 aliphatic carbocycles. The maximum absolute atomic E-state index is 10.8. The number of hydrogen-bond donors (Lipinski definition) is 2. The van der Waals surface area contributed by atoms with E-state index >= 15 is 0 Å². The normalized spacial score (nSPS) is 12.4. The van der Waals surface area contributed by atoms with Crippen LogP contribution in [0, 0.1) is 0 Å². The number of nitrogens with one attached hydrogen (secondary N) is 1. The minimum atomic E-state index is -0.836. The van der Waals surface area contributed by atoms with E-state index in [0.717, 1.165) is 5.69 Å². The van der Waals surface area contributed by atoms with Gasteiger partial charge < -0.3 is 10.4 Å². The second kappa shape index (κ2) is 5.34. The number of carbonyl (C=O) groups is 1. The average Bonchev–Trinajstić information content (AvgIpc) is 2.18. The van der Waals surface area contributed by atoms with E-state index in [1.807, 2.05) is 25.1 Å². The zero-order chi connectivity index (χ0) is 10.4. The molecular weight excluding hydrogens is 180 g/mol. The minimum absolute atomic E-state index is 0.421. The lowest BCUT2D eigenvalue weighted by Crippen LogP contribution is -2.38. The zero-order valence-electron chi connectivity index (χ0n) is 8.10.